The van der Waals surface area contributed by atoms with Crippen molar-refractivity contribution in [2.75, 3.05) is 5.75 Å². The number of hydrogen-bond donors (Lipinski definition) is 0. The van der Waals surface area contributed by atoms with Crippen molar-refractivity contribution in [2.45, 2.75) is 36.4 Å². The van der Waals surface area contributed by atoms with E-state index in [1.165, 1.54) is 17.8 Å². The Morgan fingerprint density at radius 3 is 2.36 bits per heavy atom. The predicted molar refractivity (Wildman–Crippen MR) is 72.3 cm³/mol. The Bertz CT molecular complexity index is 196. The standard InChI is InChI=1S/C9H14OS3.CH4/c1-4-8(10)11-5-9-12-6(2)7(3)13-9;/h4,6-7,9H,1,5H2,2-3H3;1H4. The average Bonchev–Trinajstić information content (AvgIpc) is 2.42. The van der Waals surface area contributed by atoms with Gasteiger partial charge in [-0.3, -0.25) is 4.79 Å². The number of rotatable bonds is 3. The van der Waals surface area contributed by atoms with Crippen LogP contribution in [0.2, 0.25) is 0 Å². The second-order valence-corrected chi connectivity index (χ2v) is 7.44. The third-order valence-electron chi connectivity index (χ3n) is 1.92. The minimum Gasteiger partial charge on any atom is -0.282 e. The summed E-state index contributed by atoms with van der Waals surface area (Å²) in [4.78, 5) is 11.0. The van der Waals surface area contributed by atoms with Gasteiger partial charge in [0.05, 0.1) is 4.58 Å². The molecule has 1 rings (SSSR count). The molecular weight excluding hydrogens is 232 g/mol. The van der Waals surface area contributed by atoms with E-state index < -0.39 is 0 Å². The van der Waals surface area contributed by atoms with E-state index in [9.17, 15) is 4.79 Å². The van der Waals surface area contributed by atoms with Crippen LogP contribution in [-0.2, 0) is 4.79 Å². The van der Waals surface area contributed by atoms with Crippen LogP contribution < -0.4 is 0 Å². The molecule has 1 fully saturated rings. The zero-order valence-corrected chi connectivity index (χ0v) is 10.3. The highest BCUT2D eigenvalue weighted by Crippen LogP contribution is 2.44. The number of carbonyl (C=O) groups excluding carboxylic acids is 1. The van der Waals surface area contributed by atoms with E-state index in [2.05, 4.69) is 20.4 Å². The van der Waals surface area contributed by atoms with Gasteiger partial charge in [0.1, 0.15) is 0 Å². The Kier molecular flexibility index (Phi) is 7.08. The first-order valence-electron chi connectivity index (χ1n) is 4.23. The summed E-state index contributed by atoms with van der Waals surface area (Å²) in [6.45, 7) is 7.96. The molecule has 0 radical (unpaired) electrons. The fraction of sp³-hybridized carbons (Fsp3) is 0.700. The molecule has 1 heterocycles. The van der Waals surface area contributed by atoms with E-state index in [-0.39, 0.29) is 12.5 Å². The summed E-state index contributed by atoms with van der Waals surface area (Å²) in [5.41, 5.74) is 0. The van der Waals surface area contributed by atoms with E-state index in [4.69, 9.17) is 0 Å². The van der Waals surface area contributed by atoms with Crippen LogP contribution in [0.4, 0.5) is 0 Å². The maximum absolute atomic E-state index is 11.0. The average molecular weight is 250 g/mol. The molecule has 0 N–H and O–H groups in total. The highest BCUT2D eigenvalue weighted by atomic mass is 32.2. The minimum atomic E-state index is 0. The summed E-state index contributed by atoms with van der Waals surface area (Å²) in [7, 11) is 0. The summed E-state index contributed by atoms with van der Waals surface area (Å²) in [6.07, 6.45) is 1.39. The van der Waals surface area contributed by atoms with Crippen molar-refractivity contribution in [1.82, 2.24) is 0 Å². The Labute approximate surface area is 99.9 Å². The lowest BCUT2D eigenvalue weighted by Gasteiger charge is -2.05. The quantitative estimate of drug-likeness (QED) is 0.711. The molecule has 4 heteroatoms. The van der Waals surface area contributed by atoms with Crippen LogP contribution in [0.15, 0.2) is 12.7 Å². The molecule has 1 saturated heterocycles. The lowest BCUT2D eigenvalue weighted by molar-refractivity contribution is -0.107. The van der Waals surface area contributed by atoms with Crippen molar-refractivity contribution in [3.63, 3.8) is 0 Å². The van der Waals surface area contributed by atoms with Crippen LogP contribution >= 0.6 is 35.3 Å². The summed E-state index contributed by atoms with van der Waals surface area (Å²) in [5.74, 6) is 0.912. The molecule has 0 aromatic heterocycles. The van der Waals surface area contributed by atoms with E-state index in [0.29, 0.717) is 4.58 Å². The van der Waals surface area contributed by atoms with E-state index in [1.54, 1.807) is 0 Å². The first-order chi connectivity index (χ1) is 6.13. The van der Waals surface area contributed by atoms with E-state index in [1.807, 2.05) is 23.5 Å². The minimum absolute atomic E-state index is 0. The summed E-state index contributed by atoms with van der Waals surface area (Å²) in [6, 6.07) is 0. The molecule has 82 valence electrons. The zero-order valence-electron chi connectivity index (χ0n) is 7.86. The molecule has 1 aliphatic heterocycles. The van der Waals surface area contributed by atoms with Crippen LogP contribution in [0.25, 0.3) is 0 Å². The van der Waals surface area contributed by atoms with Crippen LogP contribution in [0, 0.1) is 0 Å². The SMILES string of the molecule is C.C=CC(=O)SCC1SC(C)C(C)S1. The molecule has 0 saturated carbocycles. The van der Waals surface area contributed by atoms with Crippen LogP contribution in [-0.4, -0.2) is 25.9 Å². The lowest BCUT2D eigenvalue weighted by atomic mass is 10.4. The molecular formula is C10H18OS3. The summed E-state index contributed by atoms with van der Waals surface area (Å²) >= 11 is 5.34. The van der Waals surface area contributed by atoms with Gasteiger partial charge in [0, 0.05) is 16.3 Å². The van der Waals surface area contributed by atoms with Gasteiger partial charge in [-0.15, -0.1) is 23.5 Å². The Morgan fingerprint density at radius 1 is 1.43 bits per heavy atom. The molecule has 0 spiro atoms. The zero-order chi connectivity index (χ0) is 9.84. The molecule has 0 aromatic rings. The maximum atomic E-state index is 11.0. The highest BCUT2D eigenvalue weighted by Gasteiger charge is 2.29. The smallest absolute Gasteiger partial charge is 0.211 e. The predicted octanol–water partition coefficient (Wildman–Crippen LogP) is 3.65. The summed E-state index contributed by atoms with van der Waals surface area (Å²) < 4.78 is 0.582. The monoisotopic (exact) mass is 250 g/mol. The molecule has 2 atom stereocenters. The van der Waals surface area contributed by atoms with Crippen molar-refractivity contribution < 1.29 is 4.79 Å². The molecule has 0 aliphatic carbocycles. The van der Waals surface area contributed by atoms with Crippen LogP contribution in [0.3, 0.4) is 0 Å². The van der Waals surface area contributed by atoms with Gasteiger partial charge in [-0.25, -0.2) is 0 Å². The van der Waals surface area contributed by atoms with Gasteiger partial charge in [-0.1, -0.05) is 39.6 Å². The van der Waals surface area contributed by atoms with Gasteiger partial charge in [0.15, 0.2) is 0 Å². The summed E-state index contributed by atoms with van der Waals surface area (Å²) in [5, 5.41) is 1.53. The van der Waals surface area contributed by atoms with Crippen molar-refractivity contribution in [1.29, 1.82) is 0 Å². The van der Waals surface area contributed by atoms with Crippen LogP contribution in [0.5, 0.6) is 0 Å². The lowest BCUT2D eigenvalue weighted by Crippen LogP contribution is -2.04. The molecule has 0 bridgehead atoms. The normalized spacial score (nSPS) is 30.9. The first kappa shape index (κ1) is 14.5. The first-order valence-corrected chi connectivity index (χ1v) is 7.10. The molecule has 0 aromatic carbocycles. The molecule has 2 unspecified atom stereocenters. The number of thioether (sulfide) groups is 3. The maximum Gasteiger partial charge on any atom is 0.211 e. The Morgan fingerprint density at radius 2 is 1.93 bits per heavy atom. The van der Waals surface area contributed by atoms with E-state index >= 15 is 0 Å². The van der Waals surface area contributed by atoms with Crippen molar-refractivity contribution in [2.24, 2.45) is 0 Å². The Balaban J connectivity index is 0.00000169. The number of hydrogen-bond acceptors (Lipinski definition) is 4. The van der Waals surface area contributed by atoms with Crippen LogP contribution in [0.1, 0.15) is 21.3 Å². The van der Waals surface area contributed by atoms with Crippen molar-refractivity contribution in [3.8, 4) is 0 Å². The topological polar surface area (TPSA) is 17.1 Å². The molecule has 1 aliphatic rings. The second-order valence-electron chi connectivity index (χ2n) is 2.95. The van der Waals surface area contributed by atoms with Gasteiger partial charge in [-0.2, -0.15) is 0 Å². The van der Waals surface area contributed by atoms with Crippen molar-refractivity contribution in [3.05, 3.63) is 12.7 Å². The van der Waals surface area contributed by atoms with Gasteiger partial charge in [-0.05, 0) is 6.08 Å². The molecule has 0 amide bonds. The van der Waals surface area contributed by atoms with E-state index in [0.717, 1.165) is 16.3 Å². The number of carbonyl (C=O) groups is 1. The van der Waals surface area contributed by atoms with Gasteiger partial charge < -0.3 is 0 Å². The largest absolute Gasteiger partial charge is 0.282 e. The fourth-order valence-electron chi connectivity index (χ4n) is 1.02. The second kappa shape index (κ2) is 6.85. The van der Waals surface area contributed by atoms with Gasteiger partial charge in [0.25, 0.3) is 0 Å². The Hall–Kier alpha value is 0.460. The van der Waals surface area contributed by atoms with Gasteiger partial charge >= 0.3 is 0 Å². The molecule has 1 nitrogen and oxygen atoms in total. The molecule has 14 heavy (non-hydrogen) atoms. The highest BCUT2D eigenvalue weighted by molar-refractivity contribution is 8.23. The fourth-order valence-corrected chi connectivity index (χ4v) is 5.57. The third-order valence-corrected chi connectivity index (χ3v) is 6.75. The van der Waals surface area contributed by atoms with Crippen molar-refractivity contribution >= 4 is 40.4 Å². The van der Waals surface area contributed by atoms with Gasteiger partial charge in [0.2, 0.25) is 5.12 Å². The third kappa shape index (κ3) is 4.32.